The molecule has 6 nitrogen and oxygen atoms in total. The number of ether oxygens (including phenoxy) is 1. The Bertz CT molecular complexity index is 939. The van der Waals surface area contributed by atoms with E-state index >= 15 is 0 Å². The number of Topliss-reactive ketones (excluding diaryl/α,β-unsaturated/α-hetero) is 1. The Morgan fingerprint density at radius 2 is 1.70 bits per heavy atom. The van der Waals surface area contributed by atoms with Gasteiger partial charge in [-0.05, 0) is 45.9 Å². The summed E-state index contributed by atoms with van der Waals surface area (Å²) in [6.07, 6.45) is -0.294. The van der Waals surface area contributed by atoms with E-state index in [1.807, 2.05) is 32.3 Å². The van der Waals surface area contributed by atoms with Gasteiger partial charge in [-0.2, -0.15) is 0 Å². The second-order valence-electron chi connectivity index (χ2n) is 6.49. The van der Waals surface area contributed by atoms with Crippen LogP contribution in [0.1, 0.15) is 40.7 Å². The number of rotatable bonds is 8. The minimum atomic E-state index is -3.56. The Balaban J connectivity index is 1.91. The zero-order chi connectivity index (χ0) is 20.2. The van der Waals surface area contributed by atoms with Crippen molar-refractivity contribution in [2.45, 2.75) is 45.6 Å². The lowest BCUT2D eigenvalue weighted by Gasteiger charge is -2.07. The smallest absolute Gasteiger partial charge is 0.307 e. The van der Waals surface area contributed by atoms with Crippen LogP contribution in [0.25, 0.3) is 0 Å². The van der Waals surface area contributed by atoms with E-state index in [0.717, 1.165) is 23.5 Å². The fraction of sp³-hybridized carbons (Fsp3) is 0.400. The molecule has 0 aliphatic heterocycles. The molecule has 7 heteroatoms. The maximum absolute atomic E-state index is 12.3. The lowest BCUT2D eigenvalue weighted by atomic mass is 10.1. The molecule has 0 unspecified atom stereocenters. The van der Waals surface area contributed by atoms with Crippen molar-refractivity contribution >= 4 is 21.6 Å². The first kappa shape index (κ1) is 20.9. The molecule has 0 aliphatic rings. The summed E-state index contributed by atoms with van der Waals surface area (Å²) in [5.41, 5.74) is 3.27. The van der Waals surface area contributed by atoms with Crippen molar-refractivity contribution in [1.82, 2.24) is 4.57 Å². The first-order valence-corrected chi connectivity index (χ1v) is 10.5. The number of sulfone groups is 1. The van der Waals surface area contributed by atoms with Gasteiger partial charge in [0.15, 0.2) is 16.4 Å². The number of ketones is 1. The Hall–Kier alpha value is -2.41. The zero-order valence-corrected chi connectivity index (χ0v) is 16.9. The second-order valence-corrected chi connectivity index (χ2v) is 8.60. The lowest BCUT2D eigenvalue weighted by Crippen LogP contribution is -2.18. The molecule has 1 aromatic carbocycles. The van der Waals surface area contributed by atoms with Gasteiger partial charge in [0.05, 0.1) is 17.1 Å². The van der Waals surface area contributed by atoms with E-state index in [2.05, 4.69) is 0 Å². The largest absolute Gasteiger partial charge is 0.457 e. The number of carbonyl (C=O) groups is 2. The molecule has 0 fully saturated rings. The Morgan fingerprint density at radius 3 is 2.26 bits per heavy atom. The van der Waals surface area contributed by atoms with E-state index in [-0.39, 0.29) is 22.9 Å². The topological polar surface area (TPSA) is 82.4 Å². The highest BCUT2D eigenvalue weighted by Crippen LogP contribution is 2.16. The van der Waals surface area contributed by atoms with Crippen LogP contribution in [0.3, 0.4) is 0 Å². The van der Waals surface area contributed by atoms with Crippen LogP contribution in [0.5, 0.6) is 0 Å². The predicted molar refractivity (Wildman–Crippen MR) is 103 cm³/mol. The molecule has 0 radical (unpaired) electrons. The number of esters is 1. The van der Waals surface area contributed by atoms with E-state index in [9.17, 15) is 18.0 Å². The van der Waals surface area contributed by atoms with Crippen molar-refractivity contribution in [3.05, 3.63) is 52.8 Å². The molecule has 0 saturated heterocycles. The number of nitrogens with zero attached hydrogens (tertiary/aromatic N) is 1. The molecular weight excluding hydrogens is 366 g/mol. The first-order valence-electron chi connectivity index (χ1n) is 8.80. The molecule has 0 N–H and O–H groups in total. The summed E-state index contributed by atoms with van der Waals surface area (Å²) < 4.78 is 31.5. The first-order chi connectivity index (χ1) is 12.7. The van der Waals surface area contributed by atoms with Crippen molar-refractivity contribution in [1.29, 1.82) is 0 Å². The molecule has 0 atom stereocenters. The maximum atomic E-state index is 12.3. The van der Waals surface area contributed by atoms with Crippen LogP contribution >= 0.6 is 0 Å². The molecular formula is C20H25NO5S. The summed E-state index contributed by atoms with van der Waals surface area (Å²) in [4.78, 5) is 24.3. The molecule has 146 valence electrons. The summed E-state index contributed by atoms with van der Waals surface area (Å²) in [5.74, 6) is -1.35. The summed E-state index contributed by atoms with van der Waals surface area (Å²) in [7, 11) is -3.56. The molecule has 0 saturated carbocycles. The molecule has 0 spiro atoms. The fourth-order valence-electron chi connectivity index (χ4n) is 2.95. The van der Waals surface area contributed by atoms with Crippen LogP contribution in [0.15, 0.2) is 35.2 Å². The van der Waals surface area contributed by atoms with E-state index in [4.69, 9.17) is 4.74 Å². The minimum Gasteiger partial charge on any atom is -0.457 e. The van der Waals surface area contributed by atoms with Gasteiger partial charge in [0, 0.05) is 23.5 Å². The van der Waals surface area contributed by atoms with Crippen LogP contribution in [-0.2, 0) is 25.9 Å². The highest BCUT2D eigenvalue weighted by atomic mass is 32.2. The van der Waals surface area contributed by atoms with Gasteiger partial charge < -0.3 is 9.30 Å². The third kappa shape index (κ3) is 5.07. The van der Waals surface area contributed by atoms with Crippen molar-refractivity contribution in [2.24, 2.45) is 0 Å². The predicted octanol–water partition coefficient (Wildman–Crippen LogP) is 3.02. The number of carbonyl (C=O) groups excluding carboxylic acids is 2. The van der Waals surface area contributed by atoms with E-state index < -0.39 is 22.4 Å². The molecule has 0 amide bonds. The van der Waals surface area contributed by atoms with E-state index in [0.29, 0.717) is 5.56 Å². The number of benzene rings is 1. The summed E-state index contributed by atoms with van der Waals surface area (Å²) in [5, 5.41) is 0. The normalized spacial score (nSPS) is 11.4. The Labute approximate surface area is 160 Å². The van der Waals surface area contributed by atoms with Gasteiger partial charge in [-0.25, -0.2) is 8.42 Å². The third-order valence-corrected chi connectivity index (χ3v) is 6.24. The van der Waals surface area contributed by atoms with Crippen molar-refractivity contribution in [2.75, 3.05) is 12.4 Å². The Morgan fingerprint density at radius 1 is 1.07 bits per heavy atom. The SMILES string of the molecule is CCn1c(C)cc(C(=O)COC(=O)CCS(=O)(=O)c2ccc(C)cc2)c1C. The molecule has 27 heavy (non-hydrogen) atoms. The third-order valence-electron chi connectivity index (χ3n) is 4.51. The van der Waals surface area contributed by atoms with Crippen LogP contribution in [0.2, 0.25) is 0 Å². The molecule has 1 aromatic heterocycles. The van der Waals surface area contributed by atoms with Crippen LogP contribution in [-0.4, -0.2) is 37.1 Å². The summed E-state index contributed by atoms with van der Waals surface area (Å²) in [6, 6.07) is 8.22. The van der Waals surface area contributed by atoms with Gasteiger partial charge in [0.1, 0.15) is 0 Å². The molecule has 0 aliphatic carbocycles. The van der Waals surface area contributed by atoms with E-state index in [1.165, 1.54) is 12.1 Å². The minimum absolute atomic E-state index is 0.170. The number of aromatic nitrogens is 1. The Kier molecular flexibility index (Phi) is 6.59. The average molecular weight is 391 g/mol. The van der Waals surface area contributed by atoms with Crippen LogP contribution < -0.4 is 0 Å². The second kappa shape index (κ2) is 8.52. The van der Waals surface area contributed by atoms with Gasteiger partial charge in [0.2, 0.25) is 5.78 Å². The van der Waals surface area contributed by atoms with Crippen molar-refractivity contribution in [3.8, 4) is 0 Å². The number of hydrogen-bond donors (Lipinski definition) is 0. The molecule has 2 aromatic rings. The van der Waals surface area contributed by atoms with Gasteiger partial charge in [-0.15, -0.1) is 0 Å². The number of hydrogen-bond acceptors (Lipinski definition) is 5. The van der Waals surface area contributed by atoms with Gasteiger partial charge in [0.25, 0.3) is 0 Å². The van der Waals surface area contributed by atoms with Gasteiger partial charge >= 0.3 is 5.97 Å². The zero-order valence-electron chi connectivity index (χ0n) is 16.1. The highest BCUT2D eigenvalue weighted by molar-refractivity contribution is 7.91. The standard InChI is InChI=1S/C20H25NO5S/c1-5-21-15(3)12-18(16(21)4)19(22)13-26-20(23)10-11-27(24,25)17-8-6-14(2)7-9-17/h6-9,12H,5,10-11,13H2,1-4H3. The van der Waals surface area contributed by atoms with Crippen LogP contribution in [0.4, 0.5) is 0 Å². The average Bonchev–Trinajstić information content (AvgIpc) is 2.92. The molecule has 2 rings (SSSR count). The van der Waals surface area contributed by atoms with Gasteiger partial charge in [-0.3, -0.25) is 9.59 Å². The lowest BCUT2D eigenvalue weighted by molar-refractivity contribution is -0.142. The summed E-state index contributed by atoms with van der Waals surface area (Å²) >= 11 is 0. The quantitative estimate of drug-likeness (QED) is 0.510. The monoisotopic (exact) mass is 391 g/mol. The van der Waals surface area contributed by atoms with E-state index in [1.54, 1.807) is 18.2 Å². The molecule has 0 bridgehead atoms. The maximum Gasteiger partial charge on any atom is 0.307 e. The van der Waals surface area contributed by atoms with Crippen molar-refractivity contribution < 1.29 is 22.7 Å². The van der Waals surface area contributed by atoms with Crippen LogP contribution in [0, 0.1) is 20.8 Å². The van der Waals surface area contributed by atoms with Crippen molar-refractivity contribution in [3.63, 3.8) is 0 Å². The summed E-state index contributed by atoms with van der Waals surface area (Å²) in [6.45, 7) is 7.97. The highest BCUT2D eigenvalue weighted by Gasteiger charge is 2.19. The fourth-order valence-corrected chi connectivity index (χ4v) is 4.17. The van der Waals surface area contributed by atoms with Gasteiger partial charge in [-0.1, -0.05) is 17.7 Å². The number of aryl methyl sites for hydroxylation is 2. The molecule has 1 heterocycles.